The number of fused-ring (bicyclic) bond motifs is 2. The Morgan fingerprint density at radius 2 is 1.78 bits per heavy atom. The molecular formula is C17H10FN3O2. The number of hydrogen-bond acceptors (Lipinski definition) is 3. The molecule has 0 spiro atoms. The van der Waals surface area contributed by atoms with Crippen LogP contribution in [0.25, 0.3) is 22.6 Å². The average Bonchev–Trinajstić information content (AvgIpc) is 2.87. The van der Waals surface area contributed by atoms with E-state index in [2.05, 4.69) is 10.1 Å². The summed E-state index contributed by atoms with van der Waals surface area (Å²) >= 11 is 0. The molecule has 0 bridgehead atoms. The third-order valence-electron chi connectivity index (χ3n) is 3.68. The van der Waals surface area contributed by atoms with Crippen molar-refractivity contribution in [3.8, 4) is 0 Å². The number of aromatic amines is 1. The molecule has 4 aromatic rings. The number of nitrogens with zero attached hydrogens (tertiary/aromatic N) is 2. The van der Waals surface area contributed by atoms with Crippen molar-refractivity contribution in [2.75, 3.05) is 0 Å². The van der Waals surface area contributed by atoms with Crippen LogP contribution in [0.4, 0.5) is 4.39 Å². The quantitative estimate of drug-likeness (QED) is 0.575. The highest BCUT2D eigenvalue weighted by Gasteiger charge is 2.10. The van der Waals surface area contributed by atoms with Crippen molar-refractivity contribution in [1.82, 2.24) is 14.6 Å². The molecule has 0 amide bonds. The van der Waals surface area contributed by atoms with Gasteiger partial charge in [0.05, 0.1) is 16.1 Å². The van der Waals surface area contributed by atoms with E-state index in [-0.39, 0.29) is 22.0 Å². The second-order valence-electron chi connectivity index (χ2n) is 5.11. The molecule has 0 aliphatic heterocycles. The van der Waals surface area contributed by atoms with E-state index < -0.39 is 11.4 Å². The fourth-order valence-electron chi connectivity index (χ4n) is 2.56. The molecule has 0 radical (unpaired) electrons. The van der Waals surface area contributed by atoms with Crippen LogP contribution in [0.3, 0.4) is 0 Å². The lowest BCUT2D eigenvalue weighted by atomic mass is 10.2. The predicted octanol–water partition coefficient (Wildman–Crippen LogP) is 1.22. The van der Waals surface area contributed by atoms with Gasteiger partial charge in [-0.2, -0.15) is 4.52 Å². The Morgan fingerprint density at radius 1 is 1.04 bits per heavy atom. The highest BCUT2D eigenvalue weighted by atomic mass is 19.1. The second kappa shape index (κ2) is 4.88. The topological polar surface area (TPSA) is 67.2 Å². The van der Waals surface area contributed by atoms with Gasteiger partial charge in [-0.1, -0.05) is 30.3 Å². The molecule has 2 aromatic heterocycles. The molecule has 5 nitrogen and oxygen atoms in total. The van der Waals surface area contributed by atoms with Crippen molar-refractivity contribution < 1.29 is 4.39 Å². The molecule has 0 atom stereocenters. The first kappa shape index (κ1) is 13.4. The van der Waals surface area contributed by atoms with Crippen LogP contribution in [0.5, 0.6) is 0 Å². The van der Waals surface area contributed by atoms with Gasteiger partial charge in [0.2, 0.25) is 0 Å². The Kier molecular flexibility index (Phi) is 2.84. The highest BCUT2D eigenvalue weighted by Crippen LogP contribution is 2.08. The number of rotatable bonds is 1. The van der Waals surface area contributed by atoms with Gasteiger partial charge in [0, 0.05) is 5.56 Å². The maximum atomic E-state index is 13.8. The van der Waals surface area contributed by atoms with E-state index >= 15 is 0 Å². The molecule has 0 saturated heterocycles. The minimum Gasteiger partial charge on any atom is -0.267 e. The third-order valence-corrected chi connectivity index (χ3v) is 3.68. The van der Waals surface area contributed by atoms with Crippen LogP contribution in [0.1, 0.15) is 5.56 Å². The van der Waals surface area contributed by atoms with E-state index in [9.17, 15) is 14.0 Å². The molecule has 112 valence electrons. The van der Waals surface area contributed by atoms with Crippen molar-refractivity contribution in [1.29, 1.82) is 0 Å². The van der Waals surface area contributed by atoms with Crippen molar-refractivity contribution in [2.45, 2.75) is 0 Å². The first-order valence-electron chi connectivity index (χ1n) is 6.95. The number of halogens is 1. The summed E-state index contributed by atoms with van der Waals surface area (Å²) in [6, 6.07) is 12.9. The maximum Gasteiger partial charge on any atom is 0.280 e. The number of nitrogens with one attached hydrogen (secondary N) is 1. The summed E-state index contributed by atoms with van der Waals surface area (Å²) in [6.45, 7) is 0. The lowest BCUT2D eigenvalue weighted by Gasteiger charge is -1.98. The minimum absolute atomic E-state index is 0.151. The van der Waals surface area contributed by atoms with E-state index in [1.165, 1.54) is 12.1 Å². The van der Waals surface area contributed by atoms with Crippen LogP contribution >= 0.6 is 0 Å². The monoisotopic (exact) mass is 307 g/mol. The van der Waals surface area contributed by atoms with E-state index in [1.807, 2.05) is 0 Å². The van der Waals surface area contributed by atoms with Crippen molar-refractivity contribution in [2.24, 2.45) is 0 Å². The predicted molar refractivity (Wildman–Crippen MR) is 84.8 cm³/mol. The van der Waals surface area contributed by atoms with E-state index in [0.29, 0.717) is 10.9 Å². The van der Waals surface area contributed by atoms with E-state index in [1.54, 1.807) is 42.5 Å². The second-order valence-corrected chi connectivity index (χ2v) is 5.11. The normalized spacial score (nSPS) is 12.3. The zero-order valence-corrected chi connectivity index (χ0v) is 11.8. The smallest absolute Gasteiger partial charge is 0.267 e. The van der Waals surface area contributed by atoms with Gasteiger partial charge in [-0.05, 0) is 24.3 Å². The minimum atomic E-state index is -0.492. The van der Waals surface area contributed by atoms with Crippen LogP contribution in [-0.4, -0.2) is 14.6 Å². The Bertz CT molecular complexity index is 1220. The van der Waals surface area contributed by atoms with Gasteiger partial charge in [-0.25, -0.2) is 9.37 Å². The van der Waals surface area contributed by atoms with Crippen LogP contribution in [0, 0.1) is 5.82 Å². The van der Waals surface area contributed by atoms with Crippen LogP contribution in [0.15, 0.2) is 58.1 Å². The van der Waals surface area contributed by atoms with Gasteiger partial charge in [-0.15, -0.1) is 0 Å². The molecule has 4 rings (SSSR count). The summed E-state index contributed by atoms with van der Waals surface area (Å²) in [5, 5.41) is 3.02. The molecule has 2 heterocycles. The zero-order valence-electron chi connectivity index (χ0n) is 11.8. The van der Waals surface area contributed by atoms with Crippen molar-refractivity contribution in [3.05, 3.63) is 85.8 Å². The molecule has 6 heteroatoms. The first-order chi connectivity index (χ1) is 11.1. The largest absolute Gasteiger partial charge is 0.280 e. The fraction of sp³-hybridized carbons (Fsp3) is 0. The summed E-state index contributed by atoms with van der Waals surface area (Å²) in [6.07, 6.45) is 1.39. The summed E-state index contributed by atoms with van der Waals surface area (Å²) in [4.78, 5) is 29.0. The first-order valence-corrected chi connectivity index (χ1v) is 6.95. The zero-order chi connectivity index (χ0) is 16.0. The Balaban J connectivity index is 2.17. The highest BCUT2D eigenvalue weighted by molar-refractivity contribution is 5.79. The molecule has 0 aliphatic rings. The third kappa shape index (κ3) is 2.03. The van der Waals surface area contributed by atoms with Crippen LogP contribution in [0.2, 0.25) is 0 Å². The maximum absolute atomic E-state index is 13.8. The van der Waals surface area contributed by atoms with Gasteiger partial charge >= 0.3 is 0 Å². The molecular weight excluding hydrogens is 297 g/mol. The Hall–Kier alpha value is -3.28. The Labute approximate surface area is 128 Å². The SMILES string of the molecule is O=c1[nH]n2c(=O)c3ccccc3nc2/c1=C/c1ccccc1F. The number of aromatic nitrogens is 3. The van der Waals surface area contributed by atoms with Gasteiger partial charge < -0.3 is 0 Å². The number of hydrogen-bond donors (Lipinski definition) is 1. The lowest BCUT2D eigenvalue weighted by Crippen LogP contribution is -2.21. The lowest BCUT2D eigenvalue weighted by molar-refractivity contribution is 0.625. The molecule has 1 N–H and O–H groups in total. The molecule has 0 saturated carbocycles. The summed E-state index contributed by atoms with van der Waals surface area (Å²) in [7, 11) is 0. The molecule has 0 aliphatic carbocycles. The standard InChI is InChI=1S/C17H10FN3O2/c18-13-7-3-1-5-10(13)9-12-15-19-14-8-4-2-6-11(14)17(23)21(15)20-16(12)22/h1-9H,(H,20,22)/b12-9-. The Morgan fingerprint density at radius 3 is 2.61 bits per heavy atom. The van der Waals surface area contributed by atoms with Crippen molar-refractivity contribution in [3.63, 3.8) is 0 Å². The van der Waals surface area contributed by atoms with Gasteiger partial charge in [-0.3, -0.25) is 14.7 Å². The van der Waals surface area contributed by atoms with Gasteiger partial charge in [0.25, 0.3) is 11.1 Å². The van der Waals surface area contributed by atoms with Gasteiger partial charge in [0.1, 0.15) is 5.82 Å². The van der Waals surface area contributed by atoms with Crippen molar-refractivity contribution >= 4 is 22.6 Å². The molecule has 0 unspecified atom stereocenters. The number of H-pyrrole nitrogens is 1. The van der Waals surface area contributed by atoms with Gasteiger partial charge in [0.15, 0.2) is 5.65 Å². The van der Waals surface area contributed by atoms with E-state index in [0.717, 1.165) is 4.52 Å². The molecule has 23 heavy (non-hydrogen) atoms. The average molecular weight is 307 g/mol. The summed E-state index contributed by atoms with van der Waals surface area (Å²) < 4.78 is 14.9. The molecule has 0 fully saturated rings. The van der Waals surface area contributed by atoms with Crippen LogP contribution < -0.4 is 16.3 Å². The summed E-state index contributed by atoms with van der Waals surface area (Å²) in [5.41, 5.74) is 0.0687. The number of benzene rings is 2. The number of para-hydroxylation sites is 1. The van der Waals surface area contributed by atoms with Crippen LogP contribution in [-0.2, 0) is 0 Å². The van der Waals surface area contributed by atoms with E-state index in [4.69, 9.17) is 0 Å². The molecule has 2 aromatic carbocycles. The fourth-order valence-corrected chi connectivity index (χ4v) is 2.56. The summed E-state index contributed by atoms with van der Waals surface area (Å²) in [5.74, 6) is -0.450.